The summed E-state index contributed by atoms with van der Waals surface area (Å²) in [5, 5.41) is 13.7. The van der Waals surface area contributed by atoms with Gasteiger partial charge in [-0.3, -0.25) is 14.8 Å². The van der Waals surface area contributed by atoms with Crippen molar-refractivity contribution in [2.75, 3.05) is 6.54 Å². The molecule has 0 aliphatic carbocycles. The second-order valence-corrected chi connectivity index (χ2v) is 7.01. The molecule has 0 saturated carbocycles. The van der Waals surface area contributed by atoms with Gasteiger partial charge in [-0.25, -0.2) is 10.3 Å². The van der Waals surface area contributed by atoms with E-state index in [1.54, 1.807) is 45.0 Å². The lowest BCUT2D eigenvalue weighted by Gasteiger charge is -2.21. The summed E-state index contributed by atoms with van der Waals surface area (Å²) in [5.74, 6) is 4.60. The second-order valence-electron chi connectivity index (χ2n) is 7.01. The highest BCUT2D eigenvalue weighted by Gasteiger charge is 2.23. The Bertz CT molecular complexity index is 742. The molecule has 0 aliphatic heterocycles. The molecule has 0 saturated heterocycles. The smallest absolute Gasteiger partial charge is 0.407 e. The van der Waals surface area contributed by atoms with Crippen LogP contribution in [0.25, 0.3) is 0 Å². The van der Waals surface area contributed by atoms with Crippen LogP contribution >= 0.6 is 0 Å². The normalized spacial score (nSPS) is 11.1. The summed E-state index contributed by atoms with van der Waals surface area (Å²) < 4.78 is 5.07. The lowest BCUT2D eigenvalue weighted by Crippen LogP contribution is -2.52. The third-order valence-electron chi connectivity index (χ3n) is 3.34. The molecule has 0 radical (unpaired) electrons. The van der Waals surface area contributed by atoms with Crippen LogP contribution in [0.1, 0.15) is 63.9 Å². The van der Waals surface area contributed by atoms with E-state index >= 15 is 0 Å². The van der Waals surface area contributed by atoms with E-state index in [2.05, 4.69) is 22.5 Å². The lowest BCUT2D eigenvalue weighted by molar-refractivity contribution is -0.131. The molecule has 1 aromatic carbocycles. The zero-order valence-corrected chi connectivity index (χ0v) is 16.6. The summed E-state index contributed by atoms with van der Waals surface area (Å²) in [7, 11) is 0. The van der Waals surface area contributed by atoms with Crippen LogP contribution in [0, 0.1) is 11.8 Å². The van der Waals surface area contributed by atoms with Crippen LogP contribution in [-0.2, 0) is 9.53 Å². The van der Waals surface area contributed by atoms with Crippen molar-refractivity contribution in [1.82, 2.24) is 16.1 Å². The highest BCUT2D eigenvalue weighted by molar-refractivity contribution is 5.97. The molecule has 8 nitrogen and oxygen atoms in total. The van der Waals surface area contributed by atoms with Gasteiger partial charge in [0.2, 0.25) is 0 Å². The fourth-order valence-corrected chi connectivity index (χ4v) is 2.02. The Hall–Kier alpha value is -3.05. The molecule has 0 fully saturated rings. The Balaban J connectivity index is 0.00000784. The summed E-state index contributed by atoms with van der Waals surface area (Å²) in [4.78, 5) is 35.9. The van der Waals surface area contributed by atoms with Crippen molar-refractivity contribution in [3.8, 4) is 11.8 Å². The fraction of sp³-hybridized carbons (Fsp3) is 0.476. The molecule has 3 amide bonds. The van der Waals surface area contributed by atoms with Crippen LogP contribution < -0.4 is 16.1 Å². The van der Waals surface area contributed by atoms with Gasteiger partial charge in [-0.05, 0) is 51.5 Å². The van der Waals surface area contributed by atoms with Crippen molar-refractivity contribution in [2.24, 2.45) is 0 Å². The standard InChI is InChI=1S/C20H27N3O5.CH4/c1-5-6-7-8-14-9-11-15(12-10-14)17(24)22-16(18(25)23-27)13-21-19(26)28-20(2,3)4;/h9-12,16,27H,5-6,13H2,1-4H3,(H,21,26)(H,22,24)(H,23,25);1H4/t16-;/m0./s1. The van der Waals surface area contributed by atoms with Crippen molar-refractivity contribution >= 4 is 17.9 Å². The molecular formula is C21H31N3O5. The van der Waals surface area contributed by atoms with Gasteiger partial charge in [0.05, 0.1) is 6.54 Å². The van der Waals surface area contributed by atoms with Crippen LogP contribution in [-0.4, -0.2) is 41.3 Å². The van der Waals surface area contributed by atoms with Crippen LogP contribution in [0.5, 0.6) is 0 Å². The maximum absolute atomic E-state index is 12.4. The van der Waals surface area contributed by atoms with Gasteiger partial charge < -0.3 is 15.4 Å². The molecular weight excluding hydrogens is 374 g/mol. The van der Waals surface area contributed by atoms with Crippen molar-refractivity contribution in [1.29, 1.82) is 0 Å². The van der Waals surface area contributed by atoms with Gasteiger partial charge in [0, 0.05) is 17.5 Å². The van der Waals surface area contributed by atoms with Crippen LogP contribution in [0.15, 0.2) is 24.3 Å². The maximum atomic E-state index is 12.4. The summed E-state index contributed by atoms with van der Waals surface area (Å²) in [6.07, 6.45) is 1.02. The molecule has 160 valence electrons. The monoisotopic (exact) mass is 405 g/mol. The van der Waals surface area contributed by atoms with Crippen molar-refractivity contribution in [2.45, 2.75) is 59.6 Å². The van der Waals surface area contributed by atoms with Crippen molar-refractivity contribution in [3.63, 3.8) is 0 Å². The number of hydroxylamine groups is 1. The van der Waals surface area contributed by atoms with E-state index in [4.69, 9.17) is 9.94 Å². The summed E-state index contributed by atoms with van der Waals surface area (Å²) >= 11 is 0. The lowest BCUT2D eigenvalue weighted by atomic mass is 10.1. The van der Waals surface area contributed by atoms with Gasteiger partial charge in [-0.15, -0.1) is 0 Å². The number of amides is 3. The number of rotatable bonds is 6. The molecule has 0 spiro atoms. The highest BCUT2D eigenvalue weighted by Crippen LogP contribution is 2.07. The van der Waals surface area contributed by atoms with Crippen LogP contribution in [0.2, 0.25) is 0 Å². The predicted octanol–water partition coefficient (Wildman–Crippen LogP) is 2.60. The number of benzene rings is 1. The van der Waals surface area contributed by atoms with E-state index in [9.17, 15) is 14.4 Å². The molecule has 29 heavy (non-hydrogen) atoms. The minimum absolute atomic E-state index is 0. The van der Waals surface area contributed by atoms with E-state index < -0.39 is 29.6 Å². The topological polar surface area (TPSA) is 117 Å². The third kappa shape index (κ3) is 10.2. The fourth-order valence-electron chi connectivity index (χ4n) is 2.02. The average Bonchev–Trinajstić information content (AvgIpc) is 2.63. The van der Waals surface area contributed by atoms with Crippen LogP contribution in [0.4, 0.5) is 4.79 Å². The largest absolute Gasteiger partial charge is 0.444 e. The van der Waals surface area contributed by atoms with Gasteiger partial charge >= 0.3 is 6.09 Å². The Morgan fingerprint density at radius 2 is 1.79 bits per heavy atom. The number of carbonyl (C=O) groups is 3. The van der Waals surface area contributed by atoms with E-state index in [0.717, 1.165) is 18.4 Å². The predicted molar refractivity (Wildman–Crippen MR) is 110 cm³/mol. The molecule has 1 aromatic rings. The SMILES string of the molecule is C.CCCC#Cc1ccc(C(=O)N[C@@H](CNC(=O)OC(C)(C)C)C(=O)NO)cc1. The average molecular weight is 405 g/mol. The van der Waals surface area contributed by atoms with Gasteiger partial charge in [0.15, 0.2) is 0 Å². The molecule has 8 heteroatoms. The van der Waals surface area contributed by atoms with Gasteiger partial charge in [0.25, 0.3) is 11.8 Å². The highest BCUT2D eigenvalue weighted by atomic mass is 16.6. The summed E-state index contributed by atoms with van der Waals surface area (Å²) in [6.45, 7) is 6.88. The van der Waals surface area contributed by atoms with Gasteiger partial charge in [-0.2, -0.15) is 0 Å². The zero-order chi connectivity index (χ0) is 21.2. The summed E-state index contributed by atoms with van der Waals surface area (Å²) in [5.41, 5.74) is 1.86. The zero-order valence-electron chi connectivity index (χ0n) is 16.6. The molecule has 0 bridgehead atoms. The van der Waals surface area contributed by atoms with E-state index in [1.807, 2.05) is 6.92 Å². The number of ether oxygens (including phenoxy) is 1. The Kier molecular flexibility index (Phi) is 11.1. The summed E-state index contributed by atoms with van der Waals surface area (Å²) in [6, 6.07) is 5.39. The second kappa shape index (κ2) is 12.4. The van der Waals surface area contributed by atoms with E-state index in [-0.39, 0.29) is 14.0 Å². The number of nitrogens with one attached hydrogen (secondary N) is 3. The Labute approximate surface area is 172 Å². The first-order valence-corrected chi connectivity index (χ1v) is 8.97. The minimum Gasteiger partial charge on any atom is -0.444 e. The van der Waals surface area contributed by atoms with Gasteiger partial charge in [0.1, 0.15) is 11.6 Å². The van der Waals surface area contributed by atoms with Crippen LogP contribution in [0.3, 0.4) is 0 Å². The number of hydrogen-bond donors (Lipinski definition) is 4. The van der Waals surface area contributed by atoms with Crippen molar-refractivity contribution in [3.05, 3.63) is 35.4 Å². The maximum Gasteiger partial charge on any atom is 0.407 e. The quantitative estimate of drug-likeness (QED) is 0.330. The molecule has 0 unspecified atom stereocenters. The first-order valence-electron chi connectivity index (χ1n) is 8.97. The molecule has 1 atom stereocenters. The number of alkyl carbamates (subject to hydrolysis) is 1. The number of carbonyl (C=O) groups excluding carboxylic acids is 3. The third-order valence-corrected chi connectivity index (χ3v) is 3.34. The number of unbranched alkanes of at least 4 members (excludes halogenated alkanes) is 1. The molecule has 0 aromatic heterocycles. The minimum atomic E-state index is -1.19. The van der Waals surface area contributed by atoms with Gasteiger partial charge in [-0.1, -0.05) is 26.2 Å². The first kappa shape index (κ1) is 26.0. The van der Waals surface area contributed by atoms with Crippen molar-refractivity contribution < 1.29 is 24.3 Å². The van der Waals surface area contributed by atoms with E-state index in [0.29, 0.717) is 5.56 Å². The van der Waals surface area contributed by atoms with E-state index in [1.165, 1.54) is 5.48 Å². The molecule has 0 heterocycles. The first-order chi connectivity index (χ1) is 13.2. The molecule has 0 aliphatic rings. The Morgan fingerprint density at radius 1 is 1.17 bits per heavy atom. The molecule has 4 N–H and O–H groups in total. The number of hydrogen-bond acceptors (Lipinski definition) is 5. The Morgan fingerprint density at radius 3 is 2.31 bits per heavy atom. The molecule has 1 rings (SSSR count).